The van der Waals surface area contributed by atoms with Crippen molar-refractivity contribution in [2.24, 2.45) is 0 Å². The lowest BCUT2D eigenvalue weighted by Crippen LogP contribution is -2.49. The van der Waals surface area contributed by atoms with Crippen molar-refractivity contribution in [3.05, 3.63) is 35.1 Å². The van der Waals surface area contributed by atoms with E-state index in [1.807, 2.05) is 0 Å². The number of imidazole rings is 1. The van der Waals surface area contributed by atoms with Crippen LogP contribution in [0.5, 0.6) is 0 Å². The van der Waals surface area contributed by atoms with E-state index in [9.17, 15) is 5.11 Å². The summed E-state index contributed by atoms with van der Waals surface area (Å²) < 4.78 is 0. The van der Waals surface area contributed by atoms with Gasteiger partial charge < -0.3 is 15.4 Å². The second-order valence-electron chi connectivity index (χ2n) is 6.47. The fraction of sp³-hybridized carbons (Fsp3) is 0.588. The molecule has 2 atom stereocenters. The van der Waals surface area contributed by atoms with Crippen molar-refractivity contribution in [1.29, 1.82) is 0 Å². The van der Waals surface area contributed by atoms with Crippen LogP contribution in [0.1, 0.15) is 37.7 Å². The molecule has 0 unspecified atom stereocenters. The van der Waals surface area contributed by atoms with Gasteiger partial charge in [-0.2, -0.15) is 0 Å². The molecule has 2 aromatic rings. The number of nitrogens with zero attached hydrogens (tertiary/aromatic N) is 4. The van der Waals surface area contributed by atoms with Crippen LogP contribution in [0.4, 0.5) is 5.95 Å². The summed E-state index contributed by atoms with van der Waals surface area (Å²) in [5.74, 6) is 1.50. The number of aliphatic hydroxyl groups is 1. The van der Waals surface area contributed by atoms with E-state index >= 15 is 0 Å². The van der Waals surface area contributed by atoms with Crippen LogP contribution >= 0.6 is 11.6 Å². The molecular weight excluding hydrogens is 340 g/mol. The number of hydrogen-bond donors (Lipinski definition) is 3. The normalized spacial score (nSPS) is 21.4. The summed E-state index contributed by atoms with van der Waals surface area (Å²) in [6, 6.07) is 1.73. The van der Waals surface area contributed by atoms with Crippen molar-refractivity contribution in [3.8, 4) is 0 Å². The van der Waals surface area contributed by atoms with Crippen molar-refractivity contribution >= 4 is 17.5 Å². The molecule has 0 aromatic carbocycles. The molecule has 3 N–H and O–H groups in total. The Morgan fingerprint density at radius 3 is 2.92 bits per heavy atom. The first-order valence-electron chi connectivity index (χ1n) is 8.83. The van der Waals surface area contributed by atoms with Crippen LogP contribution in [0.15, 0.2) is 18.5 Å². The lowest BCUT2D eigenvalue weighted by atomic mass is 10.0. The zero-order chi connectivity index (χ0) is 17.6. The Bertz CT molecular complexity index is 664. The molecule has 7 nitrogen and oxygen atoms in total. The number of β-amino-alcohol motifs (C(OH)–C–C–N with tert-alkyl or cyclic N) is 1. The van der Waals surface area contributed by atoms with Gasteiger partial charge in [0, 0.05) is 38.4 Å². The first-order chi connectivity index (χ1) is 12.2. The van der Waals surface area contributed by atoms with Gasteiger partial charge in [-0.3, -0.25) is 4.90 Å². The monoisotopic (exact) mass is 364 g/mol. The topological polar surface area (TPSA) is 90.0 Å². The largest absolute Gasteiger partial charge is 0.390 e. The molecule has 0 aliphatic carbocycles. The number of hydrogen-bond acceptors (Lipinski definition) is 6. The summed E-state index contributed by atoms with van der Waals surface area (Å²) in [5, 5.41) is 14.2. The van der Waals surface area contributed by atoms with Gasteiger partial charge in [-0.05, 0) is 18.9 Å². The van der Waals surface area contributed by atoms with E-state index in [0.717, 1.165) is 43.7 Å². The van der Waals surface area contributed by atoms with Crippen molar-refractivity contribution < 1.29 is 5.11 Å². The molecule has 25 heavy (non-hydrogen) atoms. The average Bonchev–Trinajstić information content (AvgIpc) is 2.96. The highest BCUT2D eigenvalue weighted by Crippen LogP contribution is 2.20. The van der Waals surface area contributed by atoms with Crippen LogP contribution in [0.2, 0.25) is 5.15 Å². The van der Waals surface area contributed by atoms with E-state index in [4.69, 9.17) is 11.6 Å². The standard InChI is InChI=1S/C17H25ClN6O/c1-2-3-5-15-21-13(16(18)23-15)10-24-9-6-12(14(25)11-24)22-17-19-7-4-8-20-17/h4,7-8,12,14,25H,2-3,5-6,9-11H2,1H3,(H,21,23)(H,19,20,22)/t12-,14-/m1/s1. The van der Waals surface area contributed by atoms with Crippen molar-refractivity contribution in [1.82, 2.24) is 24.8 Å². The fourth-order valence-corrected chi connectivity index (χ4v) is 3.29. The van der Waals surface area contributed by atoms with Crippen molar-refractivity contribution in [3.63, 3.8) is 0 Å². The minimum Gasteiger partial charge on any atom is -0.390 e. The molecule has 136 valence electrons. The van der Waals surface area contributed by atoms with Gasteiger partial charge in [0.1, 0.15) is 5.82 Å². The second kappa shape index (κ2) is 8.60. The highest BCUT2D eigenvalue weighted by Gasteiger charge is 2.28. The summed E-state index contributed by atoms with van der Waals surface area (Å²) in [5.41, 5.74) is 0.928. The third-order valence-corrected chi connectivity index (χ3v) is 4.79. The first-order valence-corrected chi connectivity index (χ1v) is 9.20. The summed E-state index contributed by atoms with van der Waals surface area (Å²) in [7, 11) is 0. The van der Waals surface area contributed by atoms with Crippen LogP contribution in [0.25, 0.3) is 0 Å². The molecule has 1 saturated heterocycles. The van der Waals surface area contributed by atoms with E-state index in [2.05, 4.69) is 37.1 Å². The van der Waals surface area contributed by atoms with Gasteiger partial charge >= 0.3 is 0 Å². The number of anilines is 1. The molecule has 3 heterocycles. The Hall–Kier alpha value is -1.70. The van der Waals surface area contributed by atoms with Gasteiger partial charge in [0.2, 0.25) is 5.95 Å². The molecule has 0 spiro atoms. The van der Waals surface area contributed by atoms with E-state index in [1.165, 1.54) is 0 Å². The molecule has 0 saturated carbocycles. The highest BCUT2D eigenvalue weighted by molar-refractivity contribution is 6.30. The molecule has 1 fully saturated rings. The van der Waals surface area contributed by atoms with Crippen LogP contribution in [0.3, 0.4) is 0 Å². The molecule has 0 radical (unpaired) electrons. The maximum Gasteiger partial charge on any atom is 0.222 e. The molecular formula is C17H25ClN6O. The molecule has 3 rings (SSSR count). The Balaban J connectivity index is 1.53. The number of aromatic nitrogens is 4. The van der Waals surface area contributed by atoms with Gasteiger partial charge in [-0.1, -0.05) is 24.9 Å². The zero-order valence-corrected chi connectivity index (χ0v) is 15.2. The van der Waals surface area contributed by atoms with E-state index in [1.54, 1.807) is 18.5 Å². The van der Waals surface area contributed by atoms with Crippen LogP contribution < -0.4 is 5.32 Å². The fourth-order valence-electron chi connectivity index (χ4n) is 3.08. The number of aliphatic hydroxyl groups excluding tert-OH is 1. The number of unbranched alkanes of at least 4 members (excludes halogenated alkanes) is 1. The van der Waals surface area contributed by atoms with Crippen LogP contribution in [0, 0.1) is 0 Å². The van der Waals surface area contributed by atoms with Gasteiger partial charge in [0.15, 0.2) is 5.15 Å². The Kier molecular flexibility index (Phi) is 6.23. The number of H-pyrrole nitrogens is 1. The number of aryl methyl sites for hydroxylation is 1. The van der Waals surface area contributed by atoms with E-state index in [-0.39, 0.29) is 6.04 Å². The lowest BCUT2D eigenvalue weighted by molar-refractivity contribution is 0.0554. The Morgan fingerprint density at radius 2 is 2.20 bits per heavy atom. The predicted octanol–water partition coefficient (Wildman–Crippen LogP) is 2.24. The van der Waals surface area contributed by atoms with Crippen molar-refractivity contribution in [2.75, 3.05) is 18.4 Å². The third kappa shape index (κ3) is 4.90. The molecule has 0 amide bonds. The number of aromatic amines is 1. The SMILES string of the molecule is CCCCc1nc(Cl)c(CN2CC[C@@H](Nc3ncccn3)[C@H](O)C2)[nH]1. The van der Waals surface area contributed by atoms with Gasteiger partial charge in [-0.15, -0.1) is 0 Å². The third-order valence-electron chi connectivity index (χ3n) is 4.47. The number of nitrogens with one attached hydrogen (secondary N) is 2. The minimum absolute atomic E-state index is 0.0454. The van der Waals surface area contributed by atoms with E-state index < -0.39 is 6.10 Å². The number of halogens is 1. The van der Waals surface area contributed by atoms with Gasteiger partial charge in [0.25, 0.3) is 0 Å². The average molecular weight is 365 g/mol. The molecule has 0 bridgehead atoms. The minimum atomic E-state index is -0.487. The summed E-state index contributed by atoms with van der Waals surface area (Å²) in [4.78, 5) is 18.2. The number of piperidine rings is 1. The molecule has 8 heteroatoms. The lowest BCUT2D eigenvalue weighted by Gasteiger charge is -2.36. The summed E-state index contributed by atoms with van der Waals surface area (Å²) >= 11 is 6.26. The molecule has 1 aliphatic heterocycles. The van der Waals surface area contributed by atoms with E-state index in [0.29, 0.717) is 24.2 Å². The zero-order valence-electron chi connectivity index (χ0n) is 14.5. The maximum absolute atomic E-state index is 10.5. The van der Waals surface area contributed by atoms with Gasteiger partial charge in [-0.25, -0.2) is 15.0 Å². The summed E-state index contributed by atoms with van der Waals surface area (Å²) in [6.45, 7) is 4.26. The van der Waals surface area contributed by atoms with Crippen LogP contribution in [-0.2, 0) is 13.0 Å². The van der Waals surface area contributed by atoms with Gasteiger partial charge in [0.05, 0.1) is 17.8 Å². The highest BCUT2D eigenvalue weighted by atomic mass is 35.5. The second-order valence-corrected chi connectivity index (χ2v) is 6.83. The summed E-state index contributed by atoms with van der Waals surface area (Å²) in [6.07, 6.45) is 6.85. The number of rotatable bonds is 7. The quantitative estimate of drug-likeness (QED) is 0.698. The number of likely N-dealkylation sites (tertiary alicyclic amines) is 1. The molecule has 1 aliphatic rings. The first kappa shape index (κ1) is 18.1. The van der Waals surface area contributed by atoms with Crippen molar-refractivity contribution in [2.45, 2.75) is 51.3 Å². The Labute approximate surface area is 152 Å². The van der Waals surface area contributed by atoms with Crippen LogP contribution in [-0.4, -0.2) is 55.2 Å². The molecule has 2 aromatic heterocycles. The smallest absolute Gasteiger partial charge is 0.222 e. The Morgan fingerprint density at radius 1 is 1.40 bits per heavy atom. The predicted molar refractivity (Wildman–Crippen MR) is 97.6 cm³/mol. The maximum atomic E-state index is 10.5.